The molecule has 2 aromatic heterocycles. The summed E-state index contributed by atoms with van der Waals surface area (Å²) >= 11 is 1.14. The van der Waals surface area contributed by atoms with Crippen molar-refractivity contribution < 1.29 is 19.8 Å². The predicted molar refractivity (Wildman–Crippen MR) is 157 cm³/mol. The molecule has 1 atom stereocenters. The molecule has 1 aliphatic rings. The van der Waals surface area contributed by atoms with Gasteiger partial charge in [-0.3, -0.25) is 4.79 Å². The Morgan fingerprint density at radius 3 is 2.49 bits per heavy atom. The highest BCUT2D eigenvalue weighted by Gasteiger charge is 2.24. The van der Waals surface area contributed by atoms with E-state index in [1.807, 2.05) is 12.1 Å². The van der Waals surface area contributed by atoms with Crippen molar-refractivity contribution in [3.8, 4) is 0 Å². The molecule has 1 amide bonds. The van der Waals surface area contributed by atoms with Crippen LogP contribution in [0, 0.1) is 5.92 Å². The van der Waals surface area contributed by atoms with E-state index in [4.69, 9.17) is 10.7 Å². The standard InChI is InChI=1S/C29H39N5O4S/c1-4-5-20-14-23(33-28-24(20)25(30)26(39-28)29(37)38)34-12-10-21(11-13-34)31-16-22(35)18-6-8-19(9-7-18)27(36)32-15-17(2)3/h6-9,14,17,21-22,31,35H,4-5,10-13,15-16,30H2,1-3H3,(H,32,36)(H,37,38). The first-order chi connectivity index (χ1) is 18.7. The number of hydrogen-bond donors (Lipinski definition) is 5. The number of carboxylic acids is 1. The fourth-order valence-electron chi connectivity index (χ4n) is 4.94. The van der Waals surface area contributed by atoms with Crippen LogP contribution in [0.15, 0.2) is 30.3 Å². The van der Waals surface area contributed by atoms with Crippen molar-refractivity contribution in [3.05, 3.63) is 51.9 Å². The number of nitrogen functional groups attached to an aromatic ring is 1. The number of pyridine rings is 1. The summed E-state index contributed by atoms with van der Waals surface area (Å²) in [5, 5.41) is 27.4. The maximum absolute atomic E-state index is 12.2. The minimum Gasteiger partial charge on any atom is -0.477 e. The Balaban J connectivity index is 1.33. The number of piperidine rings is 1. The lowest BCUT2D eigenvalue weighted by atomic mass is 10.0. The average molecular weight is 554 g/mol. The highest BCUT2D eigenvalue weighted by atomic mass is 32.1. The molecule has 1 fully saturated rings. The number of fused-ring (bicyclic) bond motifs is 1. The van der Waals surface area contributed by atoms with E-state index in [9.17, 15) is 19.8 Å². The van der Waals surface area contributed by atoms with Crippen LogP contribution in [0.3, 0.4) is 0 Å². The number of nitrogens with zero attached hydrogens (tertiary/aromatic N) is 2. The van der Waals surface area contributed by atoms with Gasteiger partial charge < -0.3 is 31.5 Å². The highest BCUT2D eigenvalue weighted by Crippen LogP contribution is 2.37. The average Bonchev–Trinajstić information content (AvgIpc) is 3.27. The van der Waals surface area contributed by atoms with Crippen LogP contribution in [0.1, 0.15) is 77.3 Å². The van der Waals surface area contributed by atoms with E-state index in [1.54, 1.807) is 12.1 Å². The summed E-state index contributed by atoms with van der Waals surface area (Å²) in [5.41, 5.74) is 8.91. The number of nitrogens with two attached hydrogens (primary N) is 1. The summed E-state index contributed by atoms with van der Waals surface area (Å²) in [5.74, 6) is 0.130. The number of thiophene rings is 1. The number of benzene rings is 1. The molecule has 3 heterocycles. The largest absolute Gasteiger partial charge is 0.477 e. The number of aryl methyl sites for hydroxylation is 1. The first-order valence-corrected chi connectivity index (χ1v) is 14.5. The fourth-order valence-corrected chi connectivity index (χ4v) is 5.91. The number of carbonyl (C=O) groups excluding carboxylic acids is 1. The molecule has 3 aromatic rings. The maximum Gasteiger partial charge on any atom is 0.348 e. The van der Waals surface area contributed by atoms with Gasteiger partial charge in [-0.05, 0) is 54.5 Å². The third-order valence-electron chi connectivity index (χ3n) is 7.13. The lowest BCUT2D eigenvalue weighted by Gasteiger charge is -2.34. The number of carbonyl (C=O) groups is 2. The zero-order chi connectivity index (χ0) is 28.1. The van der Waals surface area contributed by atoms with Crippen molar-refractivity contribution in [2.45, 2.75) is 58.6 Å². The summed E-state index contributed by atoms with van der Waals surface area (Å²) in [6, 6.07) is 9.45. The van der Waals surface area contributed by atoms with Crippen molar-refractivity contribution in [3.63, 3.8) is 0 Å². The van der Waals surface area contributed by atoms with Gasteiger partial charge in [0.1, 0.15) is 15.5 Å². The molecule has 9 nitrogen and oxygen atoms in total. The zero-order valence-corrected chi connectivity index (χ0v) is 23.7. The second-order valence-electron chi connectivity index (χ2n) is 10.6. The number of rotatable bonds is 11. The van der Waals surface area contributed by atoms with Gasteiger partial charge >= 0.3 is 5.97 Å². The van der Waals surface area contributed by atoms with Crippen LogP contribution >= 0.6 is 11.3 Å². The number of aromatic carboxylic acids is 1. The van der Waals surface area contributed by atoms with Crippen LogP contribution in [-0.2, 0) is 6.42 Å². The highest BCUT2D eigenvalue weighted by molar-refractivity contribution is 7.21. The number of amides is 1. The first kappa shape index (κ1) is 28.8. The van der Waals surface area contributed by atoms with Gasteiger partial charge in [-0.15, -0.1) is 11.3 Å². The third-order valence-corrected chi connectivity index (χ3v) is 8.22. The topological polar surface area (TPSA) is 141 Å². The van der Waals surface area contributed by atoms with Gasteiger partial charge in [0.15, 0.2) is 0 Å². The van der Waals surface area contributed by atoms with Gasteiger partial charge in [0.25, 0.3) is 5.91 Å². The number of hydrogen-bond acceptors (Lipinski definition) is 8. The molecule has 0 aliphatic carbocycles. The normalized spacial score (nSPS) is 15.2. The summed E-state index contributed by atoms with van der Waals surface area (Å²) in [7, 11) is 0. The van der Waals surface area contributed by atoms with E-state index in [-0.39, 0.29) is 16.8 Å². The number of aliphatic hydroxyl groups excluding tert-OH is 1. The molecular formula is C29H39N5O4S. The Labute approximate surface area is 233 Å². The van der Waals surface area contributed by atoms with Crippen LogP contribution < -0.4 is 21.3 Å². The van der Waals surface area contributed by atoms with Crippen LogP contribution in [0.5, 0.6) is 0 Å². The summed E-state index contributed by atoms with van der Waals surface area (Å²) in [4.78, 5) is 31.7. The molecule has 0 saturated carbocycles. The van der Waals surface area contributed by atoms with Crippen molar-refractivity contribution in [2.24, 2.45) is 5.92 Å². The van der Waals surface area contributed by atoms with Crippen LogP contribution in [0.4, 0.5) is 11.5 Å². The molecular weight excluding hydrogens is 514 g/mol. The second-order valence-corrected chi connectivity index (χ2v) is 11.6. The number of anilines is 2. The molecule has 1 aromatic carbocycles. The number of aromatic nitrogens is 1. The molecule has 10 heteroatoms. The van der Waals surface area contributed by atoms with Gasteiger partial charge in [0, 0.05) is 43.2 Å². The third kappa shape index (κ3) is 6.87. The minimum absolute atomic E-state index is 0.102. The Bertz CT molecular complexity index is 1300. The zero-order valence-electron chi connectivity index (χ0n) is 22.9. The molecule has 0 radical (unpaired) electrons. The predicted octanol–water partition coefficient (Wildman–Crippen LogP) is 4.21. The molecule has 6 N–H and O–H groups in total. The van der Waals surface area contributed by atoms with Gasteiger partial charge in [0.2, 0.25) is 0 Å². The monoisotopic (exact) mass is 553 g/mol. The minimum atomic E-state index is -1.02. The Morgan fingerprint density at radius 2 is 1.87 bits per heavy atom. The van der Waals surface area contributed by atoms with Crippen molar-refractivity contribution in [2.75, 3.05) is 36.8 Å². The van der Waals surface area contributed by atoms with Gasteiger partial charge in [-0.25, -0.2) is 9.78 Å². The van der Waals surface area contributed by atoms with Crippen LogP contribution in [0.25, 0.3) is 10.2 Å². The van der Waals surface area contributed by atoms with Gasteiger partial charge in [-0.1, -0.05) is 39.3 Å². The molecule has 0 bridgehead atoms. The molecule has 4 rings (SSSR count). The molecule has 1 unspecified atom stereocenters. The summed E-state index contributed by atoms with van der Waals surface area (Å²) < 4.78 is 0. The van der Waals surface area contributed by atoms with E-state index >= 15 is 0 Å². The van der Waals surface area contributed by atoms with E-state index in [2.05, 4.69) is 42.4 Å². The molecule has 1 saturated heterocycles. The van der Waals surface area contributed by atoms with Crippen molar-refractivity contribution in [1.82, 2.24) is 15.6 Å². The lowest BCUT2D eigenvalue weighted by molar-refractivity contribution is 0.0703. The fraction of sp³-hybridized carbons (Fsp3) is 0.483. The van der Waals surface area contributed by atoms with E-state index in [0.29, 0.717) is 35.1 Å². The summed E-state index contributed by atoms with van der Waals surface area (Å²) in [6.07, 6.45) is 2.88. The second kappa shape index (κ2) is 12.8. The lowest BCUT2D eigenvalue weighted by Crippen LogP contribution is -2.44. The number of aliphatic hydroxyl groups is 1. The molecule has 1 aliphatic heterocycles. The van der Waals surface area contributed by atoms with E-state index in [0.717, 1.165) is 72.4 Å². The van der Waals surface area contributed by atoms with Gasteiger partial charge in [-0.2, -0.15) is 0 Å². The Kier molecular flexibility index (Phi) is 9.42. The first-order valence-electron chi connectivity index (χ1n) is 13.7. The molecule has 210 valence electrons. The number of nitrogens with one attached hydrogen (secondary N) is 2. The van der Waals surface area contributed by atoms with Crippen LogP contribution in [-0.4, -0.2) is 59.3 Å². The maximum atomic E-state index is 12.2. The quantitative estimate of drug-likeness (QED) is 0.238. The van der Waals surface area contributed by atoms with Crippen molar-refractivity contribution in [1.29, 1.82) is 0 Å². The number of carboxylic acid groups (broad SMARTS) is 1. The molecule has 0 spiro atoms. The van der Waals surface area contributed by atoms with E-state index < -0.39 is 12.1 Å². The Hall–Kier alpha value is -3.21. The molecule has 39 heavy (non-hydrogen) atoms. The van der Waals surface area contributed by atoms with Gasteiger partial charge in [0.05, 0.1) is 11.8 Å². The van der Waals surface area contributed by atoms with Crippen LogP contribution in [0.2, 0.25) is 0 Å². The van der Waals surface area contributed by atoms with E-state index in [1.165, 1.54) is 0 Å². The Morgan fingerprint density at radius 1 is 1.18 bits per heavy atom. The van der Waals surface area contributed by atoms with Crippen molar-refractivity contribution >= 4 is 44.9 Å². The summed E-state index contributed by atoms with van der Waals surface area (Å²) in [6.45, 7) is 8.88. The smallest absolute Gasteiger partial charge is 0.348 e. The SMILES string of the molecule is CCCc1cc(N2CCC(NCC(O)c3ccc(C(=O)NCC(C)C)cc3)CC2)nc2sc(C(=O)O)c(N)c12.